The van der Waals surface area contributed by atoms with Gasteiger partial charge in [-0.15, -0.1) is 11.3 Å². The minimum atomic E-state index is -0.430. The van der Waals surface area contributed by atoms with E-state index in [0.717, 1.165) is 10.4 Å². The smallest absolute Gasteiger partial charge is 0.0947 e. The highest BCUT2D eigenvalue weighted by Crippen LogP contribution is 2.33. The summed E-state index contributed by atoms with van der Waals surface area (Å²) in [5, 5.41) is 10.2. The van der Waals surface area contributed by atoms with Gasteiger partial charge in [0, 0.05) is 28.1 Å². The van der Waals surface area contributed by atoms with Crippen LogP contribution in [0.15, 0.2) is 36.7 Å². The minimum Gasteiger partial charge on any atom is -0.387 e. The average molecular weight is 233 g/mol. The SMILES string of the molecule is Cc1ccc(C(O)C(C)c2ccncc2)s1. The van der Waals surface area contributed by atoms with Gasteiger partial charge in [0.25, 0.3) is 0 Å². The normalized spacial score (nSPS) is 14.7. The Hall–Kier alpha value is -1.19. The van der Waals surface area contributed by atoms with E-state index in [9.17, 15) is 5.11 Å². The second-order valence-corrected chi connectivity index (χ2v) is 5.28. The number of aryl methyl sites for hydroxylation is 1. The zero-order chi connectivity index (χ0) is 11.5. The van der Waals surface area contributed by atoms with Crippen molar-refractivity contribution in [2.24, 2.45) is 0 Å². The number of pyridine rings is 1. The summed E-state index contributed by atoms with van der Waals surface area (Å²) < 4.78 is 0. The highest BCUT2D eigenvalue weighted by molar-refractivity contribution is 7.12. The van der Waals surface area contributed by atoms with Crippen LogP contribution in [0.2, 0.25) is 0 Å². The first-order valence-electron chi connectivity index (χ1n) is 5.33. The van der Waals surface area contributed by atoms with E-state index in [4.69, 9.17) is 0 Å². The van der Waals surface area contributed by atoms with Crippen molar-refractivity contribution in [2.45, 2.75) is 25.9 Å². The van der Waals surface area contributed by atoms with Gasteiger partial charge in [-0.25, -0.2) is 0 Å². The van der Waals surface area contributed by atoms with Gasteiger partial charge in [-0.3, -0.25) is 4.98 Å². The van der Waals surface area contributed by atoms with Crippen LogP contribution < -0.4 is 0 Å². The number of rotatable bonds is 3. The predicted molar refractivity (Wildman–Crippen MR) is 66.7 cm³/mol. The van der Waals surface area contributed by atoms with Crippen LogP contribution in [-0.4, -0.2) is 10.1 Å². The molecule has 2 heterocycles. The maximum atomic E-state index is 10.2. The number of aliphatic hydroxyl groups excluding tert-OH is 1. The fourth-order valence-corrected chi connectivity index (χ4v) is 2.68. The van der Waals surface area contributed by atoms with Gasteiger partial charge in [-0.1, -0.05) is 6.92 Å². The lowest BCUT2D eigenvalue weighted by Crippen LogP contribution is -2.06. The van der Waals surface area contributed by atoms with Gasteiger partial charge >= 0.3 is 0 Å². The number of hydrogen-bond donors (Lipinski definition) is 1. The summed E-state index contributed by atoms with van der Waals surface area (Å²) in [7, 11) is 0. The largest absolute Gasteiger partial charge is 0.387 e. The molecular formula is C13H15NOS. The molecule has 0 bridgehead atoms. The molecule has 0 spiro atoms. The summed E-state index contributed by atoms with van der Waals surface area (Å²) in [6, 6.07) is 7.95. The van der Waals surface area contributed by atoms with E-state index in [1.165, 1.54) is 4.88 Å². The molecule has 2 unspecified atom stereocenters. The molecule has 2 aromatic rings. The Kier molecular flexibility index (Phi) is 3.36. The molecule has 0 saturated heterocycles. The van der Waals surface area contributed by atoms with Crippen LogP contribution in [0, 0.1) is 6.92 Å². The zero-order valence-corrected chi connectivity index (χ0v) is 10.2. The van der Waals surface area contributed by atoms with Crippen LogP contribution in [0.1, 0.15) is 34.3 Å². The van der Waals surface area contributed by atoms with Gasteiger partial charge in [0.2, 0.25) is 0 Å². The third-order valence-electron chi connectivity index (χ3n) is 2.76. The van der Waals surface area contributed by atoms with E-state index in [2.05, 4.69) is 11.9 Å². The van der Waals surface area contributed by atoms with E-state index in [0.29, 0.717) is 0 Å². The topological polar surface area (TPSA) is 33.1 Å². The summed E-state index contributed by atoms with van der Waals surface area (Å²) in [5.74, 6) is 0.0982. The molecule has 84 valence electrons. The van der Waals surface area contributed by atoms with Crippen molar-refractivity contribution in [2.75, 3.05) is 0 Å². The summed E-state index contributed by atoms with van der Waals surface area (Å²) in [6.07, 6.45) is 3.09. The third kappa shape index (κ3) is 2.31. The lowest BCUT2D eigenvalue weighted by molar-refractivity contribution is 0.155. The minimum absolute atomic E-state index is 0.0982. The van der Waals surface area contributed by atoms with Crippen LogP contribution in [0.3, 0.4) is 0 Å². The van der Waals surface area contributed by atoms with E-state index in [1.807, 2.05) is 31.2 Å². The third-order valence-corrected chi connectivity index (χ3v) is 3.83. The number of aromatic nitrogens is 1. The number of aliphatic hydroxyl groups is 1. The van der Waals surface area contributed by atoms with E-state index in [1.54, 1.807) is 23.7 Å². The molecule has 2 atom stereocenters. The molecule has 0 aromatic carbocycles. The Morgan fingerprint density at radius 2 is 1.88 bits per heavy atom. The molecule has 2 rings (SSSR count). The standard InChI is InChI=1S/C13H15NOS/c1-9-3-4-12(16-9)13(15)10(2)11-5-7-14-8-6-11/h3-8,10,13,15H,1-2H3. The van der Waals surface area contributed by atoms with Crippen molar-refractivity contribution < 1.29 is 5.11 Å². The fourth-order valence-electron chi connectivity index (χ4n) is 1.71. The molecule has 0 saturated carbocycles. The average Bonchev–Trinajstić information content (AvgIpc) is 2.75. The predicted octanol–water partition coefficient (Wildman–Crippen LogP) is 3.29. The molecule has 0 amide bonds. The van der Waals surface area contributed by atoms with Gasteiger partial charge in [0.1, 0.15) is 0 Å². The van der Waals surface area contributed by atoms with Crippen LogP contribution in [-0.2, 0) is 0 Å². The molecule has 0 aliphatic heterocycles. The first kappa shape index (κ1) is 11.3. The van der Waals surface area contributed by atoms with Crippen LogP contribution in [0.5, 0.6) is 0 Å². The monoisotopic (exact) mass is 233 g/mol. The molecule has 3 heteroatoms. The summed E-state index contributed by atoms with van der Waals surface area (Å²) in [6.45, 7) is 4.09. The Labute approximate surface area is 99.6 Å². The maximum Gasteiger partial charge on any atom is 0.0947 e. The Morgan fingerprint density at radius 1 is 1.19 bits per heavy atom. The van der Waals surface area contributed by atoms with Gasteiger partial charge < -0.3 is 5.11 Å². The van der Waals surface area contributed by atoms with Crippen molar-refractivity contribution in [1.82, 2.24) is 4.98 Å². The molecule has 0 aliphatic rings. The molecule has 0 fully saturated rings. The van der Waals surface area contributed by atoms with Crippen molar-refractivity contribution in [1.29, 1.82) is 0 Å². The van der Waals surface area contributed by atoms with E-state index < -0.39 is 6.10 Å². The van der Waals surface area contributed by atoms with Crippen molar-refractivity contribution >= 4 is 11.3 Å². The van der Waals surface area contributed by atoms with Crippen molar-refractivity contribution in [3.05, 3.63) is 52.0 Å². The molecule has 1 N–H and O–H groups in total. The summed E-state index contributed by atoms with van der Waals surface area (Å²) in [5.41, 5.74) is 1.12. The molecule has 2 aromatic heterocycles. The van der Waals surface area contributed by atoms with Crippen LogP contribution in [0.25, 0.3) is 0 Å². The number of nitrogens with zero attached hydrogens (tertiary/aromatic N) is 1. The van der Waals surface area contributed by atoms with Crippen molar-refractivity contribution in [3.63, 3.8) is 0 Å². The highest BCUT2D eigenvalue weighted by Gasteiger charge is 2.19. The van der Waals surface area contributed by atoms with Gasteiger partial charge in [-0.2, -0.15) is 0 Å². The maximum absolute atomic E-state index is 10.2. The van der Waals surface area contributed by atoms with E-state index in [-0.39, 0.29) is 5.92 Å². The fraction of sp³-hybridized carbons (Fsp3) is 0.308. The Bertz CT molecular complexity index is 452. The second-order valence-electron chi connectivity index (χ2n) is 3.96. The first-order valence-corrected chi connectivity index (χ1v) is 6.14. The van der Waals surface area contributed by atoms with Crippen LogP contribution in [0.4, 0.5) is 0 Å². The number of thiophene rings is 1. The number of hydrogen-bond acceptors (Lipinski definition) is 3. The quantitative estimate of drug-likeness (QED) is 0.882. The lowest BCUT2D eigenvalue weighted by atomic mass is 9.95. The lowest BCUT2D eigenvalue weighted by Gasteiger charge is -2.17. The summed E-state index contributed by atoms with van der Waals surface area (Å²) in [4.78, 5) is 6.25. The molecule has 0 aliphatic carbocycles. The van der Waals surface area contributed by atoms with E-state index >= 15 is 0 Å². The van der Waals surface area contributed by atoms with Gasteiger partial charge in [-0.05, 0) is 36.8 Å². The second kappa shape index (κ2) is 4.76. The summed E-state index contributed by atoms with van der Waals surface area (Å²) >= 11 is 1.65. The highest BCUT2D eigenvalue weighted by atomic mass is 32.1. The zero-order valence-electron chi connectivity index (χ0n) is 9.42. The molecule has 0 radical (unpaired) electrons. The van der Waals surface area contributed by atoms with Gasteiger partial charge in [0.15, 0.2) is 0 Å². The molecular weight excluding hydrogens is 218 g/mol. The van der Waals surface area contributed by atoms with Crippen LogP contribution >= 0.6 is 11.3 Å². The molecule has 16 heavy (non-hydrogen) atoms. The Morgan fingerprint density at radius 3 is 2.44 bits per heavy atom. The Balaban J connectivity index is 2.19. The molecule has 2 nitrogen and oxygen atoms in total. The first-order chi connectivity index (χ1) is 7.68. The van der Waals surface area contributed by atoms with Gasteiger partial charge in [0.05, 0.1) is 6.10 Å². The van der Waals surface area contributed by atoms with Crippen molar-refractivity contribution in [3.8, 4) is 0 Å².